The lowest BCUT2D eigenvalue weighted by molar-refractivity contribution is -0.137. The lowest BCUT2D eigenvalue weighted by atomic mass is 10.0. The summed E-state index contributed by atoms with van der Waals surface area (Å²) in [4.78, 5) is 12.3. The van der Waals surface area contributed by atoms with Crippen molar-refractivity contribution in [2.24, 2.45) is 0 Å². The molecular formula is C21H19F3N2O3. The first-order valence-corrected chi connectivity index (χ1v) is 8.82. The van der Waals surface area contributed by atoms with Gasteiger partial charge in [0.15, 0.2) is 0 Å². The maximum atomic E-state index is 12.6. The highest BCUT2D eigenvalue weighted by Gasteiger charge is 2.30. The van der Waals surface area contributed by atoms with Crippen LogP contribution < -0.4 is 10.6 Å². The van der Waals surface area contributed by atoms with E-state index in [0.29, 0.717) is 5.76 Å². The van der Waals surface area contributed by atoms with Gasteiger partial charge in [0.05, 0.1) is 17.9 Å². The quantitative estimate of drug-likeness (QED) is 0.569. The van der Waals surface area contributed by atoms with Crippen molar-refractivity contribution >= 4 is 6.03 Å². The number of aliphatic hydroxyl groups is 1. The standard InChI is InChI=1S/C21H19F3N2O3/c22-21(23,24)16-10-8-14(9-11-16)17(27)13-25-20(28)26-19(18-7-4-12-29-18)15-5-2-1-3-6-15/h1-12,17,19,27H,13H2,(H2,25,26,28). The van der Waals surface area contributed by atoms with E-state index >= 15 is 0 Å². The van der Waals surface area contributed by atoms with Crippen LogP contribution in [-0.2, 0) is 6.18 Å². The average Bonchev–Trinajstić information content (AvgIpc) is 3.25. The van der Waals surface area contributed by atoms with Crippen molar-refractivity contribution in [3.05, 3.63) is 95.4 Å². The van der Waals surface area contributed by atoms with Gasteiger partial charge in [-0.05, 0) is 35.4 Å². The Morgan fingerprint density at radius 2 is 1.66 bits per heavy atom. The Labute approximate surface area is 165 Å². The number of amides is 2. The van der Waals surface area contributed by atoms with Crippen LogP contribution >= 0.6 is 0 Å². The topological polar surface area (TPSA) is 74.5 Å². The molecule has 0 saturated carbocycles. The molecule has 1 aromatic heterocycles. The number of urea groups is 1. The summed E-state index contributed by atoms with van der Waals surface area (Å²) in [6, 6.07) is 15.7. The molecule has 29 heavy (non-hydrogen) atoms. The summed E-state index contributed by atoms with van der Waals surface area (Å²) in [5, 5.41) is 15.4. The van der Waals surface area contributed by atoms with E-state index in [2.05, 4.69) is 10.6 Å². The van der Waals surface area contributed by atoms with Crippen LogP contribution in [0.3, 0.4) is 0 Å². The number of rotatable bonds is 6. The van der Waals surface area contributed by atoms with Gasteiger partial charge in [-0.2, -0.15) is 13.2 Å². The van der Waals surface area contributed by atoms with E-state index in [1.54, 1.807) is 12.1 Å². The van der Waals surface area contributed by atoms with Gasteiger partial charge in [-0.15, -0.1) is 0 Å². The van der Waals surface area contributed by atoms with Gasteiger partial charge in [0.1, 0.15) is 11.8 Å². The number of hydrogen-bond acceptors (Lipinski definition) is 3. The number of nitrogens with one attached hydrogen (secondary N) is 2. The van der Waals surface area contributed by atoms with Gasteiger partial charge in [-0.25, -0.2) is 4.79 Å². The van der Waals surface area contributed by atoms with Gasteiger partial charge < -0.3 is 20.2 Å². The first kappa shape index (κ1) is 20.5. The van der Waals surface area contributed by atoms with Crippen molar-refractivity contribution in [2.75, 3.05) is 6.54 Å². The molecule has 0 bridgehead atoms. The molecule has 0 saturated heterocycles. The lowest BCUT2D eigenvalue weighted by Crippen LogP contribution is -2.40. The minimum Gasteiger partial charge on any atom is -0.467 e. The van der Waals surface area contributed by atoms with Crippen molar-refractivity contribution in [3.8, 4) is 0 Å². The highest BCUT2D eigenvalue weighted by molar-refractivity contribution is 5.75. The van der Waals surface area contributed by atoms with Gasteiger partial charge in [0.25, 0.3) is 0 Å². The summed E-state index contributed by atoms with van der Waals surface area (Å²) in [7, 11) is 0. The van der Waals surface area contributed by atoms with Crippen molar-refractivity contribution in [1.82, 2.24) is 10.6 Å². The number of halogens is 3. The third kappa shape index (κ3) is 5.39. The highest BCUT2D eigenvalue weighted by Crippen LogP contribution is 2.30. The molecule has 0 aliphatic carbocycles. The Hall–Kier alpha value is -3.26. The number of furan rings is 1. The molecule has 152 valence electrons. The van der Waals surface area contributed by atoms with E-state index < -0.39 is 29.9 Å². The SMILES string of the molecule is O=C(NCC(O)c1ccc(C(F)(F)F)cc1)NC(c1ccccc1)c1ccco1. The van der Waals surface area contributed by atoms with Crippen LogP contribution in [0.15, 0.2) is 77.4 Å². The molecular weight excluding hydrogens is 385 g/mol. The Kier molecular flexibility index (Phi) is 6.23. The predicted octanol–water partition coefficient (Wildman–Crippen LogP) is 4.42. The van der Waals surface area contributed by atoms with E-state index in [-0.39, 0.29) is 12.1 Å². The molecule has 0 aliphatic rings. The third-order valence-electron chi connectivity index (χ3n) is 4.31. The number of benzene rings is 2. The molecule has 2 atom stereocenters. The summed E-state index contributed by atoms with van der Waals surface area (Å²) in [5.74, 6) is 0.537. The number of hydrogen-bond donors (Lipinski definition) is 3. The molecule has 3 rings (SSSR count). The van der Waals surface area contributed by atoms with Crippen LogP contribution in [-0.4, -0.2) is 17.7 Å². The molecule has 2 aromatic carbocycles. The average molecular weight is 404 g/mol. The molecule has 0 radical (unpaired) electrons. The zero-order valence-electron chi connectivity index (χ0n) is 15.2. The van der Waals surface area contributed by atoms with E-state index in [4.69, 9.17) is 4.42 Å². The third-order valence-corrected chi connectivity index (χ3v) is 4.31. The molecule has 0 fully saturated rings. The van der Waals surface area contributed by atoms with Crippen LogP contribution in [0.2, 0.25) is 0 Å². The van der Waals surface area contributed by atoms with Gasteiger partial charge in [0, 0.05) is 6.54 Å². The van der Waals surface area contributed by atoms with Crippen LogP contribution in [0, 0.1) is 0 Å². The second kappa shape index (κ2) is 8.83. The first-order valence-electron chi connectivity index (χ1n) is 8.82. The minimum atomic E-state index is -4.44. The van der Waals surface area contributed by atoms with Gasteiger partial charge >= 0.3 is 12.2 Å². The largest absolute Gasteiger partial charge is 0.467 e. The summed E-state index contributed by atoms with van der Waals surface area (Å²) in [6.45, 7) is -0.170. The Morgan fingerprint density at radius 3 is 2.24 bits per heavy atom. The number of aliphatic hydroxyl groups excluding tert-OH is 1. The smallest absolute Gasteiger partial charge is 0.416 e. The predicted molar refractivity (Wildman–Crippen MR) is 99.9 cm³/mol. The van der Waals surface area contributed by atoms with Gasteiger partial charge in [0.2, 0.25) is 0 Å². The fourth-order valence-corrected chi connectivity index (χ4v) is 2.80. The van der Waals surface area contributed by atoms with E-state index in [9.17, 15) is 23.1 Å². The zero-order valence-corrected chi connectivity index (χ0v) is 15.2. The van der Waals surface area contributed by atoms with Crippen LogP contribution in [0.5, 0.6) is 0 Å². The second-order valence-corrected chi connectivity index (χ2v) is 6.35. The molecule has 1 heterocycles. The van der Waals surface area contributed by atoms with Gasteiger partial charge in [-0.3, -0.25) is 0 Å². The Bertz CT molecular complexity index is 911. The minimum absolute atomic E-state index is 0.170. The fourth-order valence-electron chi connectivity index (χ4n) is 2.80. The van der Waals surface area contributed by atoms with Crippen LogP contribution in [0.1, 0.15) is 34.6 Å². The molecule has 5 nitrogen and oxygen atoms in total. The summed E-state index contributed by atoms with van der Waals surface area (Å²) in [6.07, 6.45) is -4.10. The summed E-state index contributed by atoms with van der Waals surface area (Å²) < 4.78 is 43.3. The first-order chi connectivity index (χ1) is 13.8. The second-order valence-electron chi connectivity index (χ2n) is 6.35. The maximum absolute atomic E-state index is 12.6. The maximum Gasteiger partial charge on any atom is 0.416 e. The van der Waals surface area contributed by atoms with Crippen molar-refractivity contribution < 1.29 is 27.5 Å². The zero-order chi connectivity index (χ0) is 20.9. The van der Waals surface area contributed by atoms with Crippen LogP contribution in [0.4, 0.5) is 18.0 Å². The lowest BCUT2D eigenvalue weighted by Gasteiger charge is -2.19. The van der Waals surface area contributed by atoms with Crippen molar-refractivity contribution in [2.45, 2.75) is 18.3 Å². The van der Waals surface area contributed by atoms with Crippen LogP contribution in [0.25, 0.3) is 0 Å². The molecule has 2 unspecified atom stereocenters. The van der Waals surface area contributed by atoms with E-state index in [1.165, 1.54) is 18.4 Å². The molecule has 3 N–H and O–H groups in total. The number of alkyl halides is 3. The van der Waals surface area contributed by atoms with Gasteiger partial charge in [-0.1, -0.05) is 42.5 Å². The normalized spacial score (nSPS) is 13.5. The molecule has 0 spiro atoms. The molecule has 8 heteroatoms. The monoisotopic (exact) mass is 404 g/mol. The highest BCUT2D eigenvalue weighted by atomic mass is 19.4. The Morgan fingerprint density at radius 1 is 0.966 bits per heavy atom. The summed E-state index contributed by atoms with van der Waals surface area (Å²) >= 11 is 0. The molecule has 3 aromatic rings. The fraction of sp³-hybridized carbons (Fsp3) is 0.190. The van der Waals surface area contributed by atoms with E-state index in [0.717, 1.165) is 17.7 Å². The van der Waals surface area contributed by atoms with Crippen molar-refractivity contribution in [3.63, 3.8) is 0 Å². The molecule has 2 amide bonds. The number of carbonyl (C=O) groups excluding carboxylic acids is 1. The van der Waals surface area contributed by atoms with E-state index in [1.807, 2.05) is 30.3 Å². The van der Waals surface area contributed by atoms with Crippen molar-refractivity contribution in [1.29, 1.82) is 0 Å². The molecule has 0 aliphatic heterocycles. The Balaban J connectivity index is 1.61. The summed E-state index contributed by atoms with van der Waals surface area (Å²) in [5.41, 5.74) is 0.271. The number of carbonyl (C=O) groups is 1.